The van der Waals surface area contributed by atoms with Crippen LogP contribution in [0.25, 0.3) is 11.6 Å². The number of thiazole rings is 1. The third-order valence-electron chi connectivity index (χ3n) is 2.76. The minimum atomic E-state index is -0.356. The third-order valence-corrected chi connectivity index (χ3v) is 4.34. The van der Waals surface area contributed by atoms with Gasteiger partial charge in [0.2, 0.25) is 0 Å². The van der Waals surface area contributed by atoms with Crippen LogP contribution in [0.2, 0.25) is 0 Å². The maximum atomic E-state index is 12.0. The summed E-state index contributed by atoms with van der Waals surface area (Å²) < 4.78 is 4.87. The second-order valence-electron chi connectivity index (χ2n) is 5.39. The number of rotatable bonds is 3. The van der Waals surface area contributed by atoms with Gasteiger partial charge in [-0.1, -0.05) is 20.8 Å². The summed E-state index contributed by atoms with van der Waals surface area (Å²) in [5, 5.41) is 6.66. The Labute approximate surface area is 126 Å². The number of hydrogen-bond acceptors (Lipinski definition) is 5. The second-order valence-corrected chi connectivity index (χ2v) is 7.03. The first kappa shape index (κ1) is 14.9. The van der Waals surface area contributed by atoms with Gasteiger partial charge in [-0.05, 0) is 28.5 Å². The van der Waals surface area contributed by atoms with E-state index in [2.05, 4.69) is 25.8 Å². The van der Waals surface area contributed by atoms with Gasteiger partial charge < -0.3 is 4.74 Å². The molecule has 0 aliphatic heterocycles. The van der Waals surface area contributed by atoms with E-state index in [-0.39, 0.29) is 11.4 Å². The zero-order chi connectivity index (χ0) is 14.8. The Morgan fingerprint density at radius 1 is 1.35 bits per heavy atom. The minimum Gasteiger partial charge on any atom is -0.465 e. The predicted octanol–water partition coefficient (Wildman–Crippen LogP) is 4.22. The molecule has 0 aliphatic rings. The van der Waals surface area contributed by atoms with Crippen molar-refractivity contribution in [1.29, 1.82) is 0 Å². The topological polar surface area (TPSA) is 39.2 Å². The molecule has 0 radical (unpaired) electrons. The smallest absolute Gasteiger partial charge is 0.340 e. The van der Waals surface area contributed by atoms with Crippen molar-refractivity contribution in [3.05, 3.63) is 38.5 Å². The average molecular weight is 307 g/mol. The van der Waals surface area contributed by atoms with Crippen LogP contribution in [0.5, 0.6) is 0 Å². The Kier molecular flexibility index (Phi) is 4.40. The van der Waals surface area contributed by atoms with E-state index >= 15 is 0 Å². The molecule has 20 heavy (non-hydrogen) atoms. The summed E-state index contributed by atoms with van der Waals surface area (Å²) in [6.07, 6.45) is 1.83. The number of thiophene rings is 1. The highest BCUT2D eigenvalue weighted by molar-refractivity contribution is 7.11. The lowest BCUT2D eigenvalue weighted by Gasteiger charge is -2.14. The van der Waals surface area contributed by atoms with Crippen molar-refractivity contribution in [2.24, 2.45) is 0 Å². The highest BCUT2D eigenvalue weighted by Gasteiger charge is 2.21. The number of esters is 1. The van der Waals surface area contributed by atoms with Crippen LogP contribution in [-0.2, 0) is 14.9 Å². The zero-order valence-electron chi connectivity index (χ0n) is 12.0. The number of carbonyl (C=O) groups excluding carboxylic acids is 1. The molecule has 0 bridgehead atoms. The fourth-order valence-electron chi connectivity index (χ4n) is 1.58. The summed E-state index contributed by atoms with van der Waals surface area (Å²) in [6, 6.07) is 1.96. The Morgan fingerprint density at radius 2 is 2.10 bits per heavy atom. The molecule has 2 aromatic rings. The highest BCUT2D eigenvalue weighted by atomic mass is 32.1. The van der Waals surface area contributed by atoms with Crippen LogP contribution in [0, 0.1) is 0 Å². The Balaban J connectivity index is 2.42. The molecule has 0 aromatic carbocycles. The number of aromatic nitrogens is 1. The number of nitrogens with zero attached hydrogens (tertiary/aromatic N) is 1. The Morgan fingerprint density at radius 3 is 2.60 bits per heavy atom. The summed E-state index contributed by atoms with van der Waals surface area (Å²) in [6.45, 7) is 6.31. The molecule has 3 nitrogen and oxygen atoms in total. The van der Waals surface area contributed by atoms with Gasteiger partial charge >= 0.3 is 5.97 Å². The lowest BCUT2D eigenvalue weighted by molar-refractivity contribution is -0.133. The molecule has 2 heterocycles. The quantitative estimate of drug-likeness (QED) is 0.629. The number of hydrogen-bond donors (Lipinski definition) is 0. The first-order chi connectivity index (χ1) is 9.41. The van der Waals surface area contributed by atoms with Gasteiger partial charge in [-0.3, -0.25) is 0 Å². The maximum Gasteiger partial charge on any atom is 0.340 e. The monoisotopic (exact) mass is 307 g/mol. The highest BCUT2D eigenvalue weighted by Crippen LogP contribution is 2.29. The van der Waals surface area contributed by atoms with E-state index in [1.54, 1.807) is 11.3 Å². The van der Waals surface area contributed by atoms with Gasteiger partial charge in [-0.15, -0.1) is 11.3 Å². The van der Waals surface area contributed by atoms with E-state index in [4.69, 9.17) is 4.74 Å². The molecule has 2 aromatic heterocycles. The third kappa shape index (κ3) is 3.35. The first-order valence-corrected chi connectivity index (χ1v) is 8.02. The summed E-state index contributed by atoms with van der Waals surface area (Å²) in [5.74, 6) is -0.356. The SMILES string of the molecule is COC(=O)/C(=C/c1ccsc1)c1nc(C(C)(C)C)cs1. The normalized spacial score (nSPS) is 12.5. The van der Waals surface area contributed by atoms with E-state index in [9.17, 15) is 4.79 Å². The van der Waals surface area contributed by atoms with Gasteiger partial charge in [0, 0.05) is 10.8 Å². The van der Waals surface area contributed by atoms with E-state index in [1.165, 1.54) is 18.4 Å². The van der Waals surface area contributed by atoms with Gasteiger partial charge in [-0.2, -0.15) is 11.3 Å². The summed E-state index contributed by atoms with van der Waals surface area (Å²) >= 11 is 3.07. The van der Waals surface area contributed by atoms with E-state index < -0.39 is 0 Å². The minimum absolute atomic E-state index is 0.0294. The Bertz CT molecular complexity index is 619. The van der Waals surface area contributed by atoms with Crippen molar-refractivity contribution in [1.82, 2.24) is 4.98 Å². The van der Waals surface area contributed by atoms with Gasteiger partial charge in [0.25, 0.3) is 0 Å². The molecule has 106 valence electrons. The average Bonchev–Trinajstić information content (AvgIpc) is 3.05. The molecule has 0 unspecified atom stereocenters. The molecule has 0 saturated heterocycles. The molecule has 0 aliphatic carbocycles. The molecule has 0 saturated carbocycles. The number of methoxy groups -OCH3 is 1. The fraction of sp³-hybridized carbons (Fsp3) is 0.333. The summed E-state index contributed by atoms with van der Waals surface area (Å²) in [5.41, 5.74) is 2.45. The molecule has 0 fully saturated rings. The van der Waals surface area contributed by atoms with Crippen molar-refractivity contribution >= 4 is 40.3 Å². The van der Waals surface area contributed by atoms with Gasteiger partial charge in [-0.25, -0.2) is 9.78 Å². The van der Waals surface area contributed by atoms with Crippen molar-refractivity contribution < 1.29 is 9.53 Å². The summed E-state index contributed by atoms with van der Waals surface area (Å²) in [4.78, 5) is 16.6. The van der Waals surface area contributed by atoms with E-state index in [1.807, 2.05) is 28.3 Å². The zero-order valence-corrected chi connectivity index (χ0v) is 13.6. The maximum absolute atomic E-state index is 12.0. The molecule has 2 rings (SSSR count). The fourth-order valence-corrected chi connectivity index (χ4v) is 3.25. The lowest BCUT2D eigenvalue weighted by Crippen LogP contribution is -2.12. The first-order valence-electron chi connectivity index (χ1n) is 6.20. The van der Waals surface area contributed by atoms with Crippen molar-refractivity contribution in [2.75, 3.05) is 7.11 Å². The van der Waals surface area contributed by atoms with E-state index in [0.29, 0.717) is 10.6 Å². The van der Waals surface area contributed by atoms with Crippen molar-refractivity contribution in [2.45, 2.75) is 26.2 Å². The molecule has 0 atom stereocenters. The Hall–Kier alpha value is -1.46. The largest absolute Gasteiger partial charge is 0.465 e. The molecular formula is C15H17NO2S2. The number of ether oxygens (including phenoxy) is 1. The van der Waals surface area contributed by atoms with Gasteiger partial charge in [0.15, 0.2) is 0 Å². The standard InChI is InChI=1S/C15H17NO2S2/c1-15(2,3)12-9-20-13(16-12)11(14(17)18-4)7-10-5-6-19-8-10/h5-9H,1-4H3/b11-7+. The van der Waals surface area contributed by atoms with Crippen LogP contribution in [-0.4, -0.2) is 18.1 Å². The molecule has 0 N–H and O–H groups in total. The lowest BCUT2D eigenvalue weighted by atomic mass is 9.93. The van der Waals surface area contributed by atoms with Crippen LogP contribution in [0.3, 0.4) is 0 Å². The second kappa shape index (κ2) is 5.89. The van der Waals surface area contributed by atoms with E-state index in [0.717, 1.165) is 11.3 Å². The van der Waals surface area contributed by atoms with Crippen LogP contribution in [0.4, 0.5) is 0 Å². The van der Waals surface area contributed by atoms with Crippen molar-refractivity contribution in [3.63, 3.8) is 0 Å². The van der Waals surface area contributed by atoms with Crippen LogP contribution >= 0.6 is 22.7 Å². The van der Waals surface area contributed by atoms with Gasteiger partial charge in [0.1, 0.15) is 5.01 Å². The molecule has 0 spiro atoms. The van der Waals surface area contributed by atoms with Crippen LogP contribution in [0.1, 0.15) is 37.0 Å². The van der Waals surface area contributed by atoms with Gasteiger partial charge in [0.05, 0.1) is 18.4 Å². The molecule has 5 heteroatoms. The van der Waals surface area contributed by atoms with Crippen LogP contribution in [0.15, 0.2) is 22.2 Å². The molecular weight excluding hydrogens is 290 g/mol. The van der Waals surface area contributed by atoms with Crippen LogP contribution < -0.4 is 0 Å². The number of carbonyl (C=O) groups is 1. The van der Waals surface area contributed by atoms with Crippen molar-refractivity contribution in [3.8, 4) is 0 Å². The predicted molar refractivity (Wildman–Crippen MR) is 85.0 cm³/mol. The summed E-state index contributed by atoms with van der Waals surface area (Å²) in [7, 11) is 1.39. The molecule has 0 amide bonds.